The Kier molecular flexibility index (Phi) is 4.57. The summed E-state index contributed by atoms with van der Waals surface area (Å²) in [5.74, 6) is 0.609. The fourth-order valence-corrected chi connectivity index (χ4v) is 2.94. The van der Waals surface area contributed by atoms with Gasteiger partial charge in [0.1, 0.15) is 11.4 Å². The summed E-state index contributed by atoms with van der Waals surface area (Å²) >= 11 is 1.30. The van der Waals surface area contributed by atoms with Gasteiger partial charge in [-0.1, -0.05) is 16.6 Å². The Balaban J connectivity index is 1.76. The minimum absolute atomic E-state index is 0.135. The third-order valence-electron chi connectivity index (χ3n) is 3.65. The zero-order valence-electron chi connectivity index (χ0n) is 13.6. The van der Waals surface area contributed by atoms with Crippen LogP contribution in [0.25, 0.3) is 11.3 Å². The van der Waals surface area contributed by atoms with Gasteiger partial charge in [0.2, 0.25) is 0 Å². The number of rotatable bonds is 5. The van der Waals surface area contributed by atoms with Crippen molar-refractivity contribution in [2.24, 2.45) is 0 Å². The van der Waals surface area contributed by atoms with Gasteiger partial charge in [-0.05, 0) is 36.7 Å². The topological polar surface area (TPSA) is 84.0 Å². The van der Waals surface area contributed by atoms with E-state index in [0.717, 1.165) is 21.9 Å². The molecular formula is C16H17N5O2S. The van der Waals surface area contributed by atoms with Crippen LogP contribution in [0.15, 0.2) is 30.3 Å². The molecule has 1 aromatic carbocycles. The number of carbonyl (C=O) groups is 1. The number of nitrogens with one attached hydrogen (secondary N) is 1. The maximum atomic E-state index is 12.5. The molecule has 8 heteroatoms. The molecule has 2 aromatic heterocycles. The summed E-state index contributed by atoms with van der Waals surface area (Å²) in [6.07, 6.45) is 0. The molecule has 0 aliphatic heterocycles. The zero-order chi connectivity index (χ0) is 17.1. The Morgan fingerprint density at radius 3 is 2.92 bits per heavy atom. The SMILES string of the molecule is COc1cccc(-c2cc(C(=O)N(C)Cc3snnc3C)[nH]n2)c1. The number of aryl methyl sites for hydroxylation is 1. The van der Waals surface area contributed by atoms with E-state index in [1.165, 1.54) is 11.5 Å². The fourth-order valence-electron chi connectivity index (χ4n) is 2.25. The van der Waals surface area contributed by atoms with Crippen LogP contribution in [0.5, 0.6) is 5.75 Å². The summed E-state index contributed by atoms with van der Waals surface area (Å²) in [6, 6.07) is 9.28. The van der Waals surface area contributed by atoms with E-state index in [9.17, 15) is 4.79 Å². The predicted molar refractivity (Wildman–Crippen MR) is 91.0 cm³/mol. The molecule has 124 valence electrons. The number of hydrogen-bond donors (Lipinski definition) is 1. The van der Waals surface area contributed by atoms with Crippen molar-refractivity contribution >= 4 is 17.4 Å². The van der Waals surface area contributed by atoms with Crippen LogP contribution in [0.4, 0.5) is 0 Å². The lowest BCUT2D eigenvalue weighted by molar-refractivity contribution is 0.0780. The molecule has 24 heavy (non-hydrogen) atoms. The first-order chi connectivity index (χ1) is 11.6. The second kappa shape index (κ2) is 6.79. The molecule has 0 radical (unpaired) electrons. The first-order valence-electron chi connectivity index (χ1n) is 7.31. The average molecular weight is 343 g/mol. The third-order valence-corrected chi connectivity index (χ3v) is 4.45. The van der Waals surface area contributed by atoms with Gasteiger partial charge < -0.3 is 9.64 Å². The molecule has 0 spiro atoms. The average Bonchev–Trinajstić information content (AvgIpc) is 3.24. The summed E-state index contributed by atoms with van der Waals surface area (Å²) in [7, 11) is 3.36. The van der Waals surface area contributed by atoms with Crippen LogP contribution in [0, 0.1) is 6.92 Å². The molecule has 0 atom stereocenters. The van der Waals surface area contributed by atoms with Crippen molar-refractivity contribution in [2.45, 2.75) is 13.5 Å². The van der Waals surface area contributed by atoms with Crippen LogP contribution in [0.2, 0.25) is 0 Å². The molecular weight excluding hydrogens is 326 g/mol. The van der Waals surface area contributed by atoms with Crippen molar-refractivity contribution in [1.29, 1.82) is 0 Å². The van der Waals surface area contributed by atoms with E-state index in [2.05, 4.69) is 19.8 Å². The molecule has 1 amide bonds. The lowest BCUT2D eigenvalue weighted by Gasteiger charge is -2.14. The van der Waals surface area contributed by atoms with Crippen LogP contribution in [0.1, 0.15) is 21.1 Å². The monoisotopic (exact) mass is 343 g/mol. The van der Waals surface area contributed by atoms with Crippen LogP contribution in [0.3, 0.4) is 0 Å². The lowest BCUT2D eigenvalue weighted by Crippen LogP contribution is -2.26. The number of hydrogen-bond acceptors (Lipinski definition) is 6. The van der Waals surface area contributed by atoms with E-state index in [1.807, 2.05) is 31.2 Å². The number of benzene rings is 1. The number of amides is 1. The Labute approximate surface area is 143 Å². The molecule has 0 saturated heterocycles. The second-order valence-corrected chi connectivity index (χ2v) is 6.18. The first-order valence-corrected chi connectivity index (χ1v) is 8.09. The smallest absolute Gasteiger partial charge is 0.271 e. The van der Waals surface area contributed by atoms with Gasteiger partial charge in [-0.2, -0.15) is 5.10 Å². The molecule has 7 nitrogen and oxygen atoms in total. The Bertz CT molecular complexity index is 858. The number of nitrogens with zero attached hydrogens (tertiary/aromatic N) is 4. The molecule has 2 heterocycles. The van der Waals surface area contributed by atoms with Gasteiger partial charge in [-0.3, -0.25) is 9.89 Å². The van der Waals surface area contributed by atoms with Gasteiger partial charge in [0.25, 0.3) is 5.91 Å². The highest BCUT2D eigenvalue weighted by molar-refractivity contribution is 7.05. The highest BCUT2D eigenvalue weighted by Gasteiger charge is 2.17. The predicted octanol–water partition coefficient (Wildman–Crippen LogP) is 2.52. The first kappa shape index (κ1) is 16.1. The fraction of sp³-hybridized carbons (Fsp3) is 0.250. The summed E-state index contributed by atoms with van der Waals surface area (Å²) in [6.45, 7) is 2.35. The number of ether oxygens (including phenoxy) is 1. The maximum absolute atomic E-state index is 12.5. The standard InChI is InChI=1S/C16H17N5O2S/c1-10-15(24-20-17-10)9-21(2)16(22)14-8-13(18-19-14)11-5-4-6-12(7-11)23-3/h4-8H,9H2,1-3H3,(H,18,19). The third kappa shape index (κ3) is 3.28. The lowest BCUT2D eigenvalue weighted by atomic mass is 10.1. The van der Waals surface area contributed by atoms with Crippen molar-refractivity contribution < 1.29 is 9.53 Å². The second-order valence-electron chi connectivity index (χ2n) is 5.34. The van der Waals surface area contributed by atoms with E-state index >= 15 is 0 Å². The molecule has 0 unspecified atom stereocenters. The van der Waals surface area contributed by atoms with Crippen LogP contribution in [-0.4, -0.2) is 44.7 Å². The summed E-state index contributed by atoms with van der Waals surface area (Å²) in [4.78, 5) is 15.1. The van der Waals surface area contributed by atoms with E-state index in [1.54, 1.807) is 25.1 Å². The van der Waals surface area contributed by atoms with E-state index in [-0.39, 0.29) is 5.91 Å². The van der Waals surface area contributed by atoms with Crippen LogP contribution in [-0.2, 0) is 6.54 Å². The van der Waals surface area contributed by atoms with E-state index in [0.29, 0.717) is 17.9 Å². The normalized spacial score (nSPS) is 10.6. The molecule has 0 bridgehead atoms. The Morgan fingerprint density at radius 2 is 2.21 bits per heavy atom. The largest absolute Gasteiger partial charge is 0.497 e. The van der Waals surface area contributed by atoms with Crippen molar-refractivity contribution in [2.75, 3.05) is 14.2 Å². The zero-order valence-corrected chi connectivity index (χ0v) is 14.4. The van der Waals surface area contributed by atoms with Crippen molar-refractivity contribution in [3.05, 3.63) is 46.6 Å². The molecule has 0 saturated carbocycles. The minimum Gasteiger partial charge on any atom is -0.497 e. The quantitative estimate of drug-likeness (QED) is 0.769. The van der Waals surface area contributed by atoms with Crippen LogP contribution < -0.4 is 4.74 Å². The van der Waals surface area contributed by atoms with E-state index in [4.69, 9.17) is 4.74 Å². The summed E-state index contributed by atoms with van der Waals surface area (Å²) < 4.78 is 9.10. The molecule has 0 aliphatic carbocycles. The van der Waals surface area contributed by atoms with Gasteiger partial charge >= 0.3 is 0 Å². The number of aromatic nitrogens is 4. The highest BCUT2D eigenvalue weighted by Crippen LogP contribution is 2.23. The molecule has 1 N–H and O–H groups in total. The summed E-state index contributed by atoms with van der Waals surface area (Å²) in [5.41, 5.74) is 2.86. The van der Waals surface area contributed by atoms with Gasteiger partial charge in [-0.25, -0.2) is 0 Å². The number of methoxy groups -OCH3 is 1. The molecule has 0 aliphatic rings. The molecule has 3 aromatic rings. The maximum Gasteiger partial charge on any atom is 0.271 e. The number of H-pyrrole nitrogens is 1. The molecule has 3 rings (SSSR count). The number of aromatic amines is 1. The van der Waals surface area contributed by atoms with E-state index < -0.39 is 0 Å². The Hall–Kier alpha value is -2.74. The van der Waals surface area contributed by atoms with Gasteiger partial charge in [0, 0.05) is 12.6 Å². The van der Waals surface area contributed by atoms with Gasteiger partial charge in [0.05, 0.1) is 29.9 Å². The highest BCUT2D eigenvalue weighted by atomic mass is 32.1. The minimum atomic E-state index is -0.135. The van der Waals surface area contributed by atoms with Crippen molar-refractivity contribution in [3.63, 3.8) is 0 Å². The summed E-state index contributed by atoms with van der Waals surface area (Å²) in [5, 5.41) is 11.0. The van der Waals surface area contributed by atoms with Crippen molar-refractivity contribution in [1.82, 2.24) is 24.7 Å². The van der Waals surface area contributed by atoms with Crippen LogP contribution >= 0.6 is 11.5 Å². The Morgan fingerprint density at radius 1 is 1.38 bits per heavy atom. The van der Waals surface area contributed by atoms with Gasteiger partial charge in [-0.15, -0.1) is 5.10 Å². The van der Waals surface area contributed by atoms with Crippen molar-refractivity contribution in [3.8, 4) is 17.0 Å². The van der Waals surface area contributed by atoms with Gasteiger partial charge in [0.15, 0.2) is 0 Å². The molecule has 0 fully saturated rings. The number of carbonyl (C=O) groups excluding carboxylic acids is 1.